The van der Waals surface area contributed by atoms with E-state index in [0.29, 0.717) is 30.7 Å². The van der Waals surface area contributed by atoms with Gasteiger partial charge in [0.05, 0.1) is 36.9 Å². The summed E-state index contributed by atoms with van der Waals surface area (Å²) in [5.41, 5.74) is 1.46. The summed E-state index contributed by atoms with van der Waals surface area (Å²) < 4.78 is 5.42. The van der Waals surface area contributed by atoms with Crippen molar-refractivity contribution in [2.24, 2.45) is 0 Å². The number of β-amino-alcohol motifs (C(OH)–C–C–N with tert-alkyl or cyclic N) is 1. The van der Waals surface area contributed by atoms with Crippen LogP contribution in [-0.4, -0.2) is 58.3 Å². The van der Waals surface area contributed by atoms with E-state index in [9.17, 15) is 4.79 Å². The van der Waals surface area contributed by atoms with E-state index in [4.69, 9.17) is 9.84 Å². The van der Waals surface area contributed by atoms with E-state index in [1.165, 1.54) is 6.20 Å². The summed E-state index contributed by atoms with van der Waals surface area (Å²) in [4.78, 5) is 22.8. The van der Waals surface area contributed by atoms with E-state index in [-0.39, 0.29) is 12.3 Å². The van der Waals surface area contributed by atoms with Gasteiger partial charge in [0.1, 0.15) is 0 Å². The smallest absolute Gasteiger partial charge is 0.360 e. The number of aromatic nitrogens is 2. The first kappa shape index (κ1) is 17.6. The number of aliphatic hydroxyl groups is 1. The number of aliphatic hydroxyl groups excluding tert-OH is 1. The Morgan fingerprint density at radius 3 is 2.92 bits per heavy atom. The molecule has 0 fully saturated rings. The highest BCUT2D eigenvalue weighted by molar-refractivity contribution is 5.89. The Hall–Kier alpha value is -3.19. The van der Waals surface area contributed by atoms with Gasteiger partial charge in [-0.3, -0.25) is 9.88 Å². The van der Waals surface area contributed by atoms with E-state index in [2.05, 4.69) is 33.6 Å². The lowest BCUT2D eigenvalue weighted by Gasteiger charge is -2.15. The lowest BCUT2D eigenvalue weighted by Crippen LogP contribution is -2.28. The highest BCUT2D eigenvalue weighted by atomic mass is 16.5. The molecule has 0 bridgehead atoms. The molecule has 3 rings (SSSR count). The molecule has 0 spiro atoms. The Morgan fingerprint density at radius 2 is 2.08 bits per heavy atom. The second kappa shape index (κ2) is 8.77. The SMILES string of the molecule is O=C(OC1C#CCN(CCO)CC#C/C=C\1)c1cnc2ccccc2n1. The van der Waals surface area contributed by atoms with Crippen LogP contribution in [0.1, 0.15) is 10.5 Å². The van der Waals surface area contributed by atoms with E-state index in [1.54, 1.807) is 18.2 Å². The van der Waals surface area contributed by atoms with E-state index in [1.807, 2.05) is 23.1 Å². The van der Waals surface area contributed by atoms with Gasteiger partial charge in [-0.05, 0) is 24.3 Å². The topological polar surface area (TPSA) is 75.5 Å². The van der Waals surface area contributed by atoms with Gasteiger partial charge in [-0.15, -0.1) is 0 Å². The van der Waals surface area contributed by atoms with Gasteiger partial charge in [0, 0.05) is 6.54 Å². The van der Waals surface area contributed by atoms with Gasteiger partial charge in [0.25, 0.3) is 0 Å². The molecule has 1 N–H and O–H groups in total. The zero-order chi connectivity index (χ0) is 18.2. The molecule has 6 heteroatoms. The number of rotatable bonds is 4. The maximum absolute atomic E-state index is 12.4. The summed E-state index contributed by atoms with van der Waals surface area (Å²) in [6, 6.07) is 7.30. The fraction of sp³-hybridized carbons (Fsp3) is 0.250. The van der Waals surface area contributed by atoms with Crippen molar-refractivity contribution in [3.05, 3.63) is 48.3 Å². The third kappa shape index (κ3) is 4.67. The zero-order valence-electron chi connectivity index (χ0n) is 14.1. The molecule has 0 radical (unpaired) electrons. The molecule has 1 aromatic heterocycles. The number of nitrogens with zero attached hydrogens (tertiary/aromatic N) is 3. The molecule has 130 valence electrons. The maximum atomic E-state index is 12.4. The summed E-state index contributed by atoms with van der Waals surface area (Å²) in [5.74, 6) is 11.1. The largest absolute Gasteiger partial charge is 0.440 e. The average molecular weight is 347 g/mol. The number of para-hydroxylation sites is 2. The predicted molar refractivity (Wildman–Crippen MR) is 97.0 cm³/mol. The van der Waals surface area contributed by atoms with Crippen molar-refractivity contribution >= 4 is 17.0 Å². The van der Waals surface area contributed by atoms with E-state index >= 15 is 0 Å². The van der Waals surface area contributed by atoms with Crippen molar-refractivity contribution in [2.45, 2.75) is 6.10 Å². The molecule has 1 atom stereocenters. The second-order valence-corrected chi connectivity index (χ2v) is 5.51. The predicted octanol–water partition coefficient (Wildman–Crippen LogP) is 1.03. The normalized spacial score (nSPS) is 18.1. The van der Waals surface area contributed by atoms with Crippen molar-refractivity contribution in [3.63, 3.8) is 0 Å². The average Bonchev–Trinajstić information content (AvgIpc) is 2.67. The van der Waals surface area contributed by atoms with Crippen LogP contribution < -0.4 is 0 Å². The summed E-state index contributed by atoms with van der Waals surface area (Å²) >= 11 is 0. The molecule has 6 nitrogen and oxygen atoms in total. The molecule has 26 heavy (non-hydrogen) atoms. The summed E-state index contributed by atoms with van der Waals surface area (Å²) in [7, 11) is 0. The molecule has 1 unspecified atom stereocenters. The number of hydrogen-bond acceptors (Lipinski definition) is 6. The molecule has 0 saturated heterocycles. The number of carbonyl (C=O) groups is 1. The Balaban J connectivity index is 1.74. The molecule has 1 aliphatic rings. The number of carbonyl (C=O) groups excluding carboxylic acids is 1. The Bertz CT molecular complexity index is 947. The minimum Gasteiger partial charge on any atom is -0.440 e. The first-order valence-corrected chi connectivity index (χ1v) is 8.16. The lowest BCUT2D eigenvalue weighted by molar-refractivity contribution is 0.0468. The maximum Gasteiger partial charge on any atom is 0.360 e. The summed E-state index contributed by atoms with van der Waals surface area (Å²) in [5, 5.41) is 9.04. The minimum atomic E-state index is -0.723. The number of hydrogen-bond donors (Lipinski definition) is 1. The van der Waals surface area contributed by atoms with Gasteiger partial charge in [-0.2, -0.15) is 0 Å². The number of esters is 1. The van der Waals surface area contributed by atoms with E-state index in [0.717, 1.165) is 0 Å². The molecule has 1 aliphatic heterocycles. The molecule has 0 aliphatic carbocycles. The van der Waals surface area contributed by atoms with Crippen LogP contribution in [0, 0.1) is 23.7 Å². The summed E-state index contributed by atoms with van der Waals surface area (Å²) in [6.45, 7) is 1.49. The number of allylic oxidation sites excluding steroid dienone is 1. The van der Waals surface area contributed by atoms with Crippen molar-refractivity contribution in [1.82, 2.24) is 14.9 Å². The number of benzene rings is 1. The van der Waals surface area contributed by atoms with Gasteiger partial charge < -0.3 is 9.84 Å². The van der Waals surface area contributed by atoms with Crippen molar-refractivity contribution in [1.29, 1.82) is 0 Å². The third-order valence-corrected chi connectivity index (χ3v) is 3.61. The van der Waals surface area contributed by atoms with Crippen molar-refractivity contribution in [3.8, 4) is 23.7 Å². The summed E-state index contributed by atoms with van der Waals surface area (Å²) in [6.07, 6.45) is 3.92. The molecule has 0 amide bonds. The fourth-order valence-electron chi connectivity index (χ4n) is 2.31. The highest BCUT2D eigenvalue weighted by Crippen LogP contribution is 2.10. The van der Waals surface area contributed by atoms with Crippen LogP contribution in [0.2, 0.25) is 0 Å². The molecule has 2 heterocycles. The molecule has 1 aromatic carbocycles. The lowest BCUT2D eigenvalue weighted by atomic mass is 10.2. The van der Waals surface area contributed by atoms with Gasteiger partial charge >= 0.3 is 5.97 Å². The van der Waals surface area contributed by atoms with Gasteiger partial charge in [-0.25, -0.2) is 9.78 Å². The van der Waals surface area contributed by atoms with Crippen LogP contribution in [0.5, 0.6) is 0 Å². The Kier molecular flexibility index (Phi) is 5.95. The molecule has 0 saturated carbocycles. The number of ether oxygens (including phenoxy) is 1. The first-order chi connectivity index (χ1) is 12.8. The van der Waals surface area contributed by atoms with E-state index < -0.39 is 12.1 Å². The fourth-order valence-corrected chi connectivity index (χ4v) is 2.31. The van der Waals surface area contributed by atoms with Crippen LogP contribution in [0.3, 0.4) is 0 Å². The van der Waals surface area contributed by atoms with Gasteiger partial charge in [-0.1, -0.05) is 35.8 Å². The monoisotopic (exact) mass is 347 g/mol. The van der Waals surface area contributed by atoms with Crippen molar-refractivity contribution < 1.29 is 14.6 Å². The van der Waals surface area contributed by atoms with Crippen LogP contribution in [0.25, 0.3) is 11.0 Å². The molecule has 2 aromatic rings. The van der Waals surface area contributed by atoms with Crippen LogP contribution >= 0.6 is 0 Å². The zero-order valence-corrected chi connectivity index (χ0v) is 14.1. The third-order valence-electron chi connectivity index (χ3n) is 3.61. The van der Waals surface area contributed by atoms with Gasteiger partial charge in [0.2, 0.25) is 0 Å². The molecular formula is C20H17N3O3. The minimum absolute atomic E-state index is 0.0399. The Labute approximate surface area is 151 Å². The highest BCUT2D eigenvalue weighted by Gasteiger charge is 2.14. The number of fused-ring (bicyclic) bond motifs is 1. The molecular weight excluding hydrogens is 330 g/mol. The second-order valence-electron chi connectivity index (χ2n) is 5.51. The Morgan fingerprint density at radius 1 is 1.27 bits per heavy atom. The van der Waals surface area contributed by atoms with Crippen LogP contribution in [0.4, 0.5) is 0 Å². The standard InChI is InChI=1S/C20H17N3O3/c24-14-13-23-11-5-1-2-7-16(8-6-12-23)26-20(25)19-15-21-17-9-3-4-10-18(17)22-19/h2-4,7,9-10,15-16,24H,11-14H2/b7-2-. The first-order valence-electron chi connectivity index (χ1n) is 8.16. The van der Waals surface area contributed by atoms with Gasteiger partial charge in [0.15, 0.2) is 11.8 Å². The van der Waals surface area contributed by atoms with Crippen LogP contribution in [-0.2, 0) is 4.74 Å². The van der Waals surface area contributed by atoms with Crippen molar-refractivity contribution in [2.75, 3.05) is 26.2 Å². The quantitative estimate of drug-likeness (QED) is 0.658. The van der Waals surface area contributed by atoms with Crippen LogP contribution in [0.15, 0.2) is 42.6 Å².